The van der Waals surface area contributed by atoms with E-state index in [2.05, 4.69) is 15.6 Å². The maximum atomic E-state index is 11.0. The normalized spacial score (nSPS) is 12.0. The van der Waals surface area contributed by atoms with Crippen LogP contribution in [0.5, 0.6) is 0 Å². The Morgan fingerprint density at radius 2 is 2.19 bits per heavy atom. The number of aromatic nitrogens is 1. The van der Waals surface area contributed by atoms with E-state index in [9.17, 15) is 15.2 Å². The molecule has 0 saturated carbocycles. The molecule has 0 aliphatic heterocycles. The average Bonchev–Trinajstić information content (AvgIpc) is 2.45. The van der Waals surface area contributed by atoms with E-state index in [4.69, 9.17) is 4.74 Å². The molecule has 0 aliphatic carbocycles. The van der Waals surface area contributed by atoms with E-state index >= 15 is 0 Å². The quantitative estimate of drug-likeness (QED) is 0.444. The van der Waals surface area contributed by atoms with E-state index in [-0.39, 0.29) is 18.1 Å². The highest BCUT2D eigenvalue weighted by molar-refractivity contribution is 5.60. The van der Waals surface area contributed by atoms with Gasteiger partial charge in [-0.15, -0.1) is 0 Å². The number of aliphatic hydroxyl groups is 1. The molecule has 0 spiro atoms. The number of nitrogens with zero attached hydrogens (tertiary/aromatic N) is 2. The summed E-state index contributed by atoms with van der Waals surface area (Å²) in [4.78, 5) is 14.7. The molecule has 0 radical (unpaired) electrons. The highest BCUT2D eigenvalue weighted by atomic mass is 16.6. The predicted octanol–water partition coefficient (Wildman–Crippen LogP) is 1.62. The summed E-state index contributed by atoms with van der Waals surface area (Å²) in [7, 11) is 1.51. The van der Waals surface area contributed by atoms with Crippen LogP contribution in [0.15, 0.2) is 12.1 Å². The number of nitrogens with one attached hydrogen (secondary N) is 2. The summed E-state index contributed by atoms with van der Waals surface area (Å²) >= 11 is 0. The van der Waals surface area contributed by atoms with Crippen LogP contribution < -0.4 is 10.6 Å². The third-order valence-electron chi connectivity index (χ3n) is 2.76. The van der Waals surface area contributed by atoms with Gasteiger partial charge in [-0.05, 0) is 18.9 Å². The lowest BCUT2D eigenvalue weighted by Gasteiger charge is -2.11. The molecule has 0 fully saturated rings. The molecule has 1 heterocycles. The fraction of sp³-hybridized carbons (Fsp3) is 0.615. The van der Waals surface area contributed by atoms with Crippen molar-refractivity contribution in [2.24, 2.45) is 0 Å². The number of ether oxygens (including phenoxy) is 1. The minimum Gasteiger partial charge on any atom is -0.391 e. The van der Waals surface area contributed by atoms with Crippen LogP contribution in [0.4, 0.5) is 17.3 Å². The van der Waals surface area contributed by atoms with Crippen LogP contribution in [0.3, 0.4) is 0 Å². The molecule has 0 aliphatic rings. The van der Waals surface area contributed by atoms with Crippen molar-refractivity contribution in [2.75, 3.05) is 37.4 Å². The highest BCUT2D eigenvalue weighted by Gasteiger charge is 2.16. The number of nitro groups is 1. The van der Waals surface area contributed by atoms with Crippen molar-refractivity contribution < 1.29 is 14.8 Å². The monoisotopic (exact) mass is 298 g/mol. The summed E-state index contributed by atoms with van der Waals surface area (Å²) in [6, 6.07) is 3.00. The van der Waals surface area contributed by atoms with E-state index in [1.807, 2.05) is 6.92 Å². The molecule has 3 N–H and O–H groups in total. The zero-order chi connectivity index (χ0) is 15.7. The lowest BCUT2D eigenvalue weighted by atomic mass is 10.2. The molecule has 8 nitrogen and oxygen atoms in total. The van der Waals surface area contributed by atoms with E-state index in [0.717, 1.165) is 13.0 Å². The first-order valence-corrected chi connectivity index (χ1v) is 6.88. The van der Waals surface area contributed by atoms with Crippen molar-refractivity contribution >= 4 is 17.3 Å². The van der Waals surface area contributed by atoms with Crippen LogP contribution in [0.25, 0.3) is 0 Å². The maximum absolute atomic E-state index is 11.0. The number of methoxy groups -OCH3 is 1. The Hall–Kier alpha value is -1.93. The van der Waals surface area contributed by atoms with Crippen LogP contribution in [0.2, 0.25) is 0 Å². The first-order chi connectivity index (χ1) is 10.1. The van der Waals surface area contributed by atoms with Crippen molar-refractivity contribution in [3.05, 3.63) is 22.2 Å². The Bertz CT molecular complexity index is 456. The summed E-state index contributed by atoms with van der Waals surface area (Å²) in [6.45, 7) is 3.37. The molecule has 0 amide bonds. The zero-order valence-corrected chi connectivity index (χ0v) is 12.3. The molecular weight excluding hydrogens is 276 g/mol. The number of hydrogen-bond acceptors (Lipinski definition) is 7. The summed E-state index contributed by atoms with van der Waals surface area (Å²) in [5, 5.41) is 26.5. The van der Waals surface area contributed by atoms with Gasteiger partial charge in [0.1, 0.15) is 5.82 Å². The van der Waals surface area contributed by atoms with Gasteiger partial charge in [0.25, 0.3) is 0 Å². The average molecular weight is 298 g/mol. The van der Waals surface area contributed by atoms with Gasteiger partial charge in [0, 0.05) is 26.3 Å². The van der Waals surface area contributed by atoms with Crippen LogP contribution in [-0.4, -0.2) is 47.9 Å². The summed E-state index contributed by atoms with van der Waals surface area (Å²) in [5.41, 5.74) is -0.0849. The van der Waals surface area contributed by atoms with E-state index in [0.29, 0.717) is 18.8 Å². The molecule has 0 aromatic carbocycles. The molecule has 8 heteroatoms. The molecule has 1 aromatic rings. The number of hydrogen-bond donors (Lipinski definition) is 3. The summed E-state index contributed by atoms with van der Waals surface area (Å²) in [5.74, 6) is 0.785. The second kappa shape index (κ2) is 9.09. The topological polar surface area (TPSA) is 110 Å². The minimum absolute atomic E-state index is 0.0849. The van der Waals surface area contributed by atoms with Crippen molar-refractivity contribution in [1.82, 2.24) is 4.98 Å². The third-order valence-corrected chi connectivity index (χ3v) is 2.76. The van der Waals surface area contributed by atoms with Crippen molar-refractivity contribution in [3.8, 4) is 0 Å². The number of pyridine rings is 1. The van der Waals surface area contributed by atoms with E-state index in [1.54, 1.807) is 6.07 Å². The first-order valence-electron chi connectivity index (χ1n) is 6.88. The van der Waals surface area contributed by atoms with Gasteiger partial charge in [0.15, 0.2) is 0 Å². The highest BCUT2D eigenvalue weighted by Crippen LogP contribution is 2.24. The lowest BCUT2D eigenvalue weighted by molar-refractivity contribution is -0.384. The molecule has 1 aromatic heterocycles. The van der Waals surface area contributed by atoms with Crippen molar-refractivity contribution in [3.63, 3.8) is 0 Å². The largest absolute Gasteiger partial charge is 0.391 e. The minimum atomic E-state index is -0.608. The molecule has 1 atom stereocenters. The molecule has 118 valence electrons. The zero-order valence-electron chi connectivity index (χ0n) is 12.3. The molecule has 1 unspecified atom stereocenters. The Kier molecular flexibility index (Phi) is 7.41. The van der Waals surface area contributed by atoms with Gasteiger partial charge in [-0.25, -0.2) is 4.98 Å². The summed E-state index contributed by atoms with van der Waals surface area (Å²) in [6.07, 6.45) is 0.743. The predicted molar refractivity (Wildman–Crippen MR) is 80.7 cm³/mol. The van der Waals surface area contributed by atoms with Crippen LogP contribution in [-0.2, 0) is 4.74 Å². The summed E-state index contributed by atoms with van der Waals surface area (Å²) < 4.78 is 4.82. The van der Waals surface area contributed by atoms with Crippen LogP contribution in [0.1, 0.15) is 19.8 Å². The molecule has 0 saturated heterocycles. The second-order valence-corrected chi connectivity index (χ2v) is 4.57. The van der Waals surface area contributed by atoms with Crippen LogP contribution in [0, 0.1) is 10.1 Å². The lowest BCUT2D eigenvalue weighted by Crippen LogP contribution is -2.19. The molecule has 0 bridgehead atoms. The van der Waals surface area contributed by atoms with Gasteiger partial charge in [-0.2, -0.15) is 0 Å². The Balaban J connectivity index is 2.69. The van der Waals surface area contributed by atoms with E-state index < -0.39 is 11.0 Å². The smallest absolute Gasteiger partial charge is 0.311 e. The number of rotatable bonds is 10. The molecular formula is C13H22N4O4. The molecule has 1 rings (SSSR count). The fourth-order valence-corrected chi connectivity index (χ4v) is 1.71. The Morgan fingerprint density at radius 3 is 2.81 bits per heavy atom. The third kappa shape index (κ3) is 5.92. The maximum Gasteiger partial charge on any atom is 0.311 e. The molecule has 21 heavy (non-hydrogen) atoms. The Labute approximate surface area is 123 Å². The van der Waals surface area contributed by atoms with E-state index in [1.165, 1.54) is 13.2 Å². The Morgan fingerprint density at radius 1 is 1.43 bits per heavy atom. The van der Waals surface area contributed by atoms with Crippen molar-refractivity contribution in [1.29, 1.82) is 0 Å². The second-order valence-electron chi connectivity index (χ2n) is 4.57. The number of anilines is 2. The van der Waals surface area contributed by atoms with Gasteiger partial charge < -0.3 is 20.5 Å². The van der Waals surface area contributed by atoms with Gasteiger partial charge in [0.05, 0.1) is 17.6 Å². The van der Waals surface area contributed by atoms with Gasteiger partial charge in [0.2, 0.25) is 5.82 Å². The standard InChI is InChI=1S/C13H22N4O4/c1-3-7-14-12-5-4-11(17(19)20)13(16-12)15-8-6-10(18)9-21-2/h4-5,10,18H,3,6-9H2,1-2H3,(H2,14,15,16). The van der Waals surface area contributed by atoms with Gasteiger partial charge in [-0.3, -0.25) is 10.1 Å². The van der Waals surface area contributed by atoms with Crippen LogP contribution >= 0.6 is 0 Å². The SMILES string of the molecule is CCCNc1ccc([N+](=O)[O-])c(NCCC(O)COC)n1. The fourth-order valence-electron chi connectivity index (χ4n) is 1.71. The van der Waals surface area contributed by atoms with Gasteiger partial charge in [-0.1, -0.05) is 6.92 Å². The van der Waals surface area contributed by atoms with Gasteiger partial charge >= 0.3 is 5.69 Å². The number of aliphatic hydroxyl groups excluding tert-OH is 1. The van der Waals surface area contributed by atoms with Crippen molar-refractivity contribution in [2.45, 2.75) is 25.9 Å². The first kappa shape index (κ1) is 17.1.